The second-order valence-electron chi connectivity index (χ2n) is 5.65. The van der Waals surface area contributed by atoms with Gasteiger partial charge in [-0.25, -0.2) is 4.39 Å². The molecule has 0 bridgehead atoms. The molecule has 22 heavy (non-hydrogen) atoms. The summed E-state index contributed by atoms with van der Waals surface area (Å²) >= 11 is 0. The third kappa shape index (κ3) is 4.27. The van der Waals surface area contributed by atoms with Crippen molar-refractivity contribution < 1.29 is 14.0 Å². The maximum absolute atomic E-state index is 13.2. The molecule has 0 spiro atoms. The summed E-state index contributed by atoms with van der Waals surface area (Å²) in [6.45, 7) is 3.88. The molecule has 2 N–H and O–H groups in total. The number of halogens is 1. The van der Waals surface area contributed by atoms with Crippen LogP contribution in [0.15, 0.2) is 24.3 Å². The van der Waals surface area contributed by atoms with Crippen LogP contribution in [0.2, 0.25) is 0 Å². The number of nitrogens with zero attached hydrogens (tertiary/aromatic N) is 2. The number of hydrogen-bond acceptors (Lipinski definition) is 3. The van der Waals surface area contributed by atoms with Crippen LogP contribution >= 0.6 is 0 Å². The molecule has 1 atom stereocenters. The number of amides is 2. The maximum atomic E-state index is 13.2. The molecule has 1 aromatic carbocycles. The van der Waals surface area contributed by atoms with Crippen LogP contribution in [-0.4, -0.2) is 53.8 Å². The fourth-order valence-electron chi connectivity index (χ4n) is 2.61. The number of rotatable bonds is 3. The van der Waals surface area contributed by atoms with Gasteiger partial charge in [0.25, 0.3) is 0 Å². The summed E-state index contributed by atoms with van der Waals surface area (Å²) in [6, 6.07) is 5.56. The van der Waals surface area contributed by atoms with Crippen molar-refractivity contribution in [1.29, 1.82) is 0 Å². The minimum atomic E-state index is -0.519. The van der Waals surface area contributed by atoms with Crippen molar-refractivity contribution in [3.8, 4) is 0 Å². The van der Waals surface area contributed by atoms with Crippen molar-refractivity contribution in [2.24, 2.45) is 5.73 Å². The van der Waals surface area contributed by atoms with Gasteiger partial charge in [0, 0.05) is 26.2 Å². The predicted molar refractivity (Wildman–Crippen MR) is 81.5 cm³/mol. The molecule has 1 aromatic rings. The van der Waals surface area contributed by atoms with Crippen molar-refractivity contribution in [3.63, 3.8) is 0 Å². The van der Waals surface area contributed by atoms with E-state index in [0.717, 1.165) is 6.42 Å². The van der Waals surface area contributed by atoms with Gasteiger partial charge < -0.3 is 15.5 Å². The Morgan fingerprint density at radius 3 is 2.59 bits per heavy atom. The highest BCUT2D eigenvalue weighted by atomic mass is 19.1. The van der Waals surface area contributed by atoms with Crippen molar-refractivity contribution in [2.75, 3.05) is 26.2 Å². The Morgan fingerprint density at radius 1 is 1.23 bits per heavy atom. The van der Waals surface area contributed by atoms with E-state index in [1.165, 1.54) is 12.1 Å². The third-order valence-corrected chi connectivity index (χ3v) is 3.79. The van der Waals surface area contributed by atoms with Crippen molar-refractivity contribution in [2.45, 2.75) is 25.8 Å². The Bertz CT molecular complexity index is 548. The molecular formula is C16H22FN3O2. The quantitative estimate of drug-likeness (QED) is 0.897. The zero-order valence-corrected chi connectivity index (χ0v) is 12.8. The molecule has 6 heteroatoms. The van der Waals surface area contributed by atoms with Gasteiger partial charge in [0.05, 0.1) is 12.5 Å². The molecule has 1 heterocycles. The fraction of sp³-hybridized carbons (Fsp3) is 0.500. The molecule has 2 amide bonds. The highest BCUT2D eigenvalue weighted by Crippen LogP contribution is 2.09. The van der Waals surface area contributed by atoms with Crippen molar-refractivity contribution in [1.82, 2.24) is 9.80 Å². The van der Waals surface area contributed by atoms with Crippen LogP contribution in [0.5, 0.6) is 0 Å². The van der Waals surface area contributed by atoms with E-state index in [4.69, 9.17) is 5.73 Å². The average molecular weight is 307 g/mol. The van der Waals surface area contributed by atoms with Crippen LogP contribution in [-0.2, 0) is 16.0 Å². The monoisotopic (exact) mass is 307 g/mol. The molecule has 0 unspecified atom stereocenters. The lowest BCUT2D eigenvalue weighted by atomic mass is 10.1. The van der Waals surface area contributed by atoms with E-state index in [1.807, 2.05) is 0 Å². The van der Waals surface area contributed by atoms with Gasteiger partial charge in [0.15, 0.2) is 0 Å². The second-order valence-corrected chi connectivity index (χ2v) is 5.65. The first kappa shape index (κ1) is 16.4. The summed E-state index contributed by atoms with van der Waals surface area (Å²) in [5, 5.41) is 0. The molecule has 1 aliphatic rings. The lowest BCUT2D eigenvalue weighted by Gasteiger charge is -2.23. The van der Waals surface area contributed by atoms with Gasteiger partial charge in [-0.2, -0.15) is 0 Å². The largest absolute Gasteiger partial charge is 0.341 e. The van der Waals surface area contributed by atoms with Gasteiger partial charge >= 0.3 is 0 Å². The van der Waals surface area contributed by atoms with E-state index in [1.54, 1.807) is 28.9 Å². The van der Waals surface area contributed by atoms with Crippen LogP contribution in [0.3, 0.4) is 0 Å². The molecule has 1 fully saturated rings. The fourth-order valence-corrected chi connectivity index (χ4v) is 2.61. The SMILES string of the molecule is C[C@H](N)C(=O)N1CCCN(C(=O)Cc2cccc(F)c2)CC1. The molecular weight excluding hydrogens is 285 g/mol. The topological polar surface area (TPSA) is 66.6 Å². The standard InChI is InChI=1S/C16H22FN3O2/c1-12(18)16(22)20-7-3-6-19(8-9-20)15(21)11-13-4-2-5-14(17)10-13/h2,4-5,10,12H,3,6-9,11,18H2,1H3/t12-/m0/s1. The van der Waals surface area contributed by atoms with Crippen molar-refractivity contribution in [3.05, 3.63) is 35.6 Å². The Hall–Kier alpha value is -1.95. The highest BCUT2D eigenvalue weighted by molar-refractivity contribution is 5.82. The van der Waals surface area contributed by atoms with Gasteiger partial charge in [-0.15, -0.1) is 0 Å². The van der Waals surface area contributed by atoms with E-state index in [0.29, 0.717) is 31.7 Å². The first-order valence-electron chi connectivity index (χ1n) is 7.54. The lowest BCUT2D eigenvalue weighted by Crippen LogP contribution is -2.44. The smallest absolute Gasteiger partial charge is 0.239 e. The normalized spacial score (nSPS) is 17.0. The predicted octanol–water partition coefficient (Wildman–Crippen LogP) is 0.776. The molecule has 2 rings (SSSR count). The van der Waals surface area contributed by atoms with Crippen LogP contribution in [0, 0.1) is 5.82 Å². The van der Waals surface area contributed by atoms with Crippen molar-refractivity contribution >= 4 is 11.8 Å². The molecule has 0 saturated carbocycles. The zero-order chi connectivity index (χ0) is 16.1. The minimum Gasteiger partial charge on any atom is -0.341 e. The lowest BCUT2D eigenvalue weighted by molar-refractivity contribution is -0.133. The summed E-state index contributed by atoms with van der Waals surface area (Å²) in [5.41, 5.74) is 6.29. The number of nitrogens with two attached hydrogens (primary N) is 1. The summed E-state index contributed by atoms with van der Waals surface area (Å²) in [5.74, 6) is -0.463. The van der Waals surface area contributed by atoms with E-state index in [2.05, 4.69) is 0 Å². The number of hydrogen-bond donors (Lipinski definition) is 1. The maximum Gasteiger partial charge on any atom is 0.239 e. The molecule has 120 valence electrons. The number of benzene rings is 1. The Kier molecular flexibility index (Phi) is 5.49. The first-order valence-corrected chi connectivity index (χ1v) is 7.54. The van der Waals surface area contributed by atoms with E-state index in [9.17, 15) is 14.0 Å². The summed E-state index contributed by atoms with van der Waals surface area (Å²) in [7, 11) is 0. The Balaban J connectivity index is 1.93. The van der Waals surface area contributed by atoms with Gasteiger partial charge in [-0.05, 0) is 31.0 Å². The van der Waals surface area contributed by atoms with E-state index >= 15 is 0 Å². The Morgan fingerprint density at radius 2 is 1.91 bits per heavy atom. The zero-order valence-electron chi connectivity index (χ0n) is 12.8. The summed E-state index contributed by atoms with van der Waals surface area (Å²) < 4.78 is 13.2. The van der Waals surface area contributed by atoms with E-state index in [-0.39, 0.29) is 24.1 Å². The molecule has 0 aliphatic carbocycles. The average Bonchev–Trinajstić information content (AvgIpc) is 2.72. The third-order valence-electron chi connectivity index (χ3n) is 3.79. The Labute approximate surface area is 129 Å². The summed E-state index contributed by atoms with van der Waals surface area (Å²) in [4.78, 5) is 27.7. The highest BCUT2D eigenvalue weighted by Gasteiger charge is 2.23. The van der Waals surface area contributed by atoms with Crippen LogP contribution in [0.4, 0.5) is 4.39 Å². The summed E-state index contributed by atoms with van der Waals surface area (Å²) in [6.07, 6.45) is 0.909. The molecule has 0 radical (unpaired) electrons. The molecule has 1 aliphatic heterocycles. The number of carbonyl (C=O) groups excluding carboxylic acids is 2. The van der Waals surface area contributed by atoms with Crippen LogP contribution < -0.4 is 5.73 Å². The molecule has 5 nitrogen and oxygen atoms in total. The number of carbonyl (C=O) groups is 2. The van der Waals surface area contributed by atoms with Crippen LogP contribution in [0.1, 0.15) is 18.9 Å². The van der Waals surface area contributed by atoms with Gasteiger partial charge in [0.2, 0.25) is 11.8 Å². The van der Waals surface area contributed by atoms with Gasteiger partial charge in [-0.1, -0.05) is 12.1 Å². The minimum absolute atomic E-state index is 0.0410. The molecule has 0 aromatic heterocycles. The van der Waals surface area contributed by atoms with Gasteiger partial charge in [0.1, 0.15) is 5.82 Å². The first-order chi connectivity index (χ1) is 10.5. The molecule has 1 saturated heterocycles. The van der Waals surface area contributed by atoms with Crippen LogP contribution in [0.25, 0.3) is 0 Å². The van der Waals surface area contributed by atoms with E-state index < -0.39 is 6.04 Å². The second kappa shape index (κ2) is 7.35. The van der Waals surface area contributed by atoms with Gasteiger partial charge in [-0.3, -0.25) is 9.59 Å².